The van der Waals surface area contributed by atoms with Crippen LogP contribution >= 0.6 is 0 Å². The lowest BCUT2D eigenvalue weighted by Gasteiger charge is -2.37. The van der Waals surface area contributed by atoms with Crippen molar-refractivity contribution in [1.29, 1.82) is 0 Å². The summed E-state index contributed by atoms with van der Waals surface area (Å²) in [4.78, 5) is 16.8. The normalized spacial score (nSPS) is 22.4. The van der Waals surface area contributed by atoms with E-state index in [0.29, 0.717) is 11.6 Å². The molecule has 1 unspecified atom stereocenters. The van der Waals surface area contributed by atoms with Crippen LogP contribution in [0, 0.1) is 0 Å². The third-order valence-electron chi connectivity index (χ3n) is 4.78. The molecule has 0 spiro atoms. The maximum absolute atomic E-state index is 12.4. The molecule has 2 heterocycles. The van der Waals surface area contributed by atoms with Gasteiger partial charge in [-0.3, -0.25) is 4.79 Å². The fourth-order valence-corrected chi connectivity index (χ4v) is 3.51. The lowest BCUT2D eigenvalue weighted by atomic mass is 10.0. The van der Waals surface area contributed by atoms with Gasteiger partial charge in [0.2, 0.25) is 0 Å². The smallest absolute Gasteiger partial charge is 0.256 e. The van der Waals surface area contributed by atoms with Gasteiger partial charge in [0.15, 0.2) is 6.10 Å². The van der Waals surface area contributed by atoms with Crippen LogP contribution in [-0.4, -0.2) is 53.0 Å². The Kier molecular flexibility index (Phi) is 4.56. The zero-order chi connectivity index (χ0) is 14.7. The molecule has 1 amide bonds. The monoisotopic (exact) mass is 288 g/mol. The molecular weight excluding hydrogens is 264 g/mol. The Labute approximate surface area is 126 Å². The molecule has 3 rings (SSSR count). The van der Waals surface area contributed by atoms with Gasteiger partial charge in [-0.05, 0) is 44.3 Å². The average molecular weight is 288 g/mol. The molecule has 1 N–H and O–H groups in total. The summed E-state index contributed by atoms with van der Waals surface area (Å²) in [6, 6.07) is 9.84. The highest BCUT2D eigenvalue weighted by Crippen LogP contribution is 2.23. The molecule has 2 aliphatic heterocycles. The second-order valence-electron chi connectivity index (χ2n) is 6.11. The molecule has 1 aromatic rings. The Morgan fingerprint density at radius 1 is 1.05 bits per heavy atom. The van der Waals surface area contributed by atoms with Crippen LogP contribution in [0.5, 0.6) is 0 Å². The van der Waals surface area contributed by atoms with Gasteiger partial charge in [0.1, 0.15) is 0 Å². The van der Waals surface area contributed by atoms with Crippen molar-refractivity contribution in [3.05, 3.63) is 35.9 Å². The van der Waals surface area contributed by atoms with Crippen molar-refractivity contribution in [1.82, 2.24) is 9.80 Å². The number of nitrogens with zero attached hydrogens (tertiary/aromatic N) is 2. The van der Waals surface area contributed by atoms with Gasteiger partial charge >= 0.3 is 0 Å². The maximum atomic E-state index is 12.4. The SMILES string of the molecule is O=C(C(O)c1ccccc1)N1CCC(N2CCCC2)CC1. The first-order valence-electron chi connectivity index (χ1n) is 8.01. The van der Waals surface area contributed by atoms with Gasteiger partial charge in [-0.2, -0.15) is 0 Å². The van der Waals surface area contributed by atoms with E-state index in [-0.39, 0.29) is 5.91 Å². The van der Waals surface area contributed by atoms with Crippen LogP contribution < -0.4 is 0 Å². The second-order valence-corrected chi connectivity index (χ2v) is 6.11. The van der Waals surface area contributed by atoms with Crippen molar-refractivity contribution >= 4 is 5.91 Å². The molecule has 0 aromatic heterocycles. The molecule has 21 heavy (non-hydrogen) atoms. The fourth-order valence-electron chi connectivity index (χ4n) is 3.51. The lowest BCUT2D eigenvalue weighted by molar-refractivity contribution is -0.142. The molecule has 4 heteroatoms. The van der Waals surface area contributed by atoms with E-state index < -0.39 is 6.10 Å². The predicted molar refractivity (Wildman–Crippen MR) is 81.8 cm³/mol. The fraction of sp³-hybridized carbons (Fsp3) is 0.588. The first-order chi connectivity index (χ1) is 10.3. The van der Waals surface area contributed by atoms with Crippen LogP contribution in [-0.2, 0) is 4.79 Å². The summed E-state index contributed by atoms with van der Waals surface area (Å²) < 4.78 is 0. The summed E-state index contributed by atoms with van der Waals surface area (Å²) in [5, 5.41) is 10.2. The van der Waals surface area contributed by atoms with Gasteiger partial charge < -0.3 is 14.9 Å². The third-order valence-corrected chi connectivity index (χ3v) is 4.78. The third kappa shape index (κ3) is 3.27. The Hall–Kier alpha value is -1.39. The first-order valence-corrected chi connectivity index (χ1v) is 8.01. The highest BCUT2D eigenvalue weighted by atomic mass is 16.3. The van der Waals surface area contributed by atoms with E-state index in [1.165, 1.54) is 25.9 Å². The largest absolute Gasteiger partial charge is 0.378 e. The van der Waals surface area contributed by atoms with E-state index in [4.69, 9.17) is 0 Å². The molecular formula is C17H24N2O2. The second kappa shape index (κ2) is 6.58. The van der Waals surface area contributed by atoms with Gasteiger partial charge in [0.05, 0.1) is 0 Å². The van der Waals surface area contributed by atoms with Crippen molar-refractivity contribution < 1.29 is 9.90 Å². The van der Waals surface area contributed by atoms with E-state index in [1.807, 2.05) is 23.1 Å². The number of amides is 1. The van der Waals surface area contributed by atoms with Crippen LogP contribution in [0.2, 0.25) is 0 Å². The molecule has 1 aromatic carbocycles. The molecule has 0 aliphatic carbocycles. The van der Waals surface area contributed by atoms with Crippen molar-refractivity contribution in [3.8, 4) is 0 Å². The van der Waals surface area contributed by atoms with E-state index in [9.17, 15) is 9.90 Å². The Morgan fingerprint density at radius 2 is 1.67 bits per heavy atom. The molecule has 0 bridgehead atoms. The molecule has 0 saturated carbocycles. The van der Waals surface area contributed by atoms with E-state index in [2.05, 4.69) is 4.90 Å². The van der Waals surface area contributed by atoms with Gasteiger partial charge in [-0.15, -0.1) is 0 Å². The Bertz CT molecular complexity index is 463. The minimum absolute atomic E-state index is 0.152. The number of aliphatic hydroxyl groups excluding tert-OH is 1. The van der Waals surface area contributed by atoms with Crippen LogP contribution in [0.15, 0.2) is 30.3 Å². The number of likely N-dealkylation sites (tertiary alicyclic amines) is 2. The van der Waals surface area contributed by atoms with Crippen LogP contribution in [0.25, 0.3) is 0 Å². The number of aliphatic hydroxyl groups is 1. The number of hydrogen-bond acceptors (Lipinski definition) is 3. The number of carbonyl (C=O) groups excluding carboxylic acids is 1. The minimum atomic E-state index is -1.02. The summed E-state index contributed by atoms with van der Waals surface area (Å²) in [6.07, 6.45) is 3.67. The van der Waals surface area contributed by atoms with Crippen LogP contribution in [0.1, 0.15) is 37.4 Å². The van der Waals surface area contributed by atoms with Crippen molar-refractivity contribution in [2.24, 2.45) is 0 Å². The van der Waals surface area contributed by atoms with E-state index in [0.717, 1.165) is 25.9 Å². The van der Waals surface area contributed by atoms with Crippen molar-refractivity contribution in [2.75, 3.05) is 26.2 Å². The van der Waals surface area contributed by atoms with Gasteiger partial charge in [-0.1, -0.05) is 30.3 Å². The summed E-state index contributed by atoms with van der Waals surface area (Å²) in [7, 11) is 0. The molecule has 1 atom stereocenters. The molecule has 4 nitrogen and oxygen atoms in total. The number of piperidine rings is 1. The molecule has 114 valence electrons. The molecule has 2 fully saturated rings. The zero-order valence-corrected chi connectivity index (χ0v) is 12.4. The quantitative estimate of drug-likeness (QED) is 0.922. The predicted octanol–water partition coefficient (Wildman–Crippen LogP) is 1.81. The number of carbonyl (C=O) groups is 1. The van der Waals surface area contributed by atoms with Gasteiger partial charge in [0.25, 0.3) is 5.91 Å². The molecule has 0 radical (unpaired) electrons. The number of rotatable bonds is 3. The maximum Gasteiger partial charge on any atom is 0.256 e. The lowest BCUT2D eigenvalue weighted by Crippen LogP contribution is -2.47. The molecule has 2 aliphatic rings. The summed E-state index contributed by atoms with van der Waals surface area (Å²) in [5.74, 6) is -0.152. The van der Waals surface area contributed by atoms with E-state index in [1.54, 1.807) is 12.1 Å². The van der Waals surface area contributed by atoms with E-state index >= 15 is 0 Å². The highest BCUT2D eigenvalue weighted by Gasteiger charge is 2.30. The van der Waals surface area contributed by atoms with Gasteiger partial charge in [0, 0.05) is 19.1 Å². The average Bonchev–Trinajstić information content (AvgIpc) is 3.09. The van der Waals surface area contributed by atoms with Crippen LogP contribution in [0.4, 0.5) is 0 Å². The first kappa shape index (κ1) is 14.5. The number of benzene rings is 1. The van der Waals surface area contributed by atoms with Crippen molar-refractivity contribution in [2.45, 2.75) is 37.8 Å². The number of hydrogen-bond donors (Lipinski definition) is 1. The molecule has 2 saturated heterocycles. The zero-order valence-electron chi connectivity index (χ0n) is 12.4. The standard InChI is InChI=1S/C17H24N2O2/c20-16(14-6-2-1-3-7-14)17(21)19-12-8-15(9-13-19)18-10-4-5-11-18/h1-3,6-7,15-16,20H,4-5,8-13H2. The van der Waals surface area contributed by atoms with Crippen molar-refractivity contribution in [3.63, 3.8) is 0 Å². The Morgan fingerprint density at radius 3 is 2.29 bits per heavy atom. The van der Waals surface area contributed by atoms with Crippen LogP contribution in [0.3, 0.4) is 0 Å². The Balaban J connectivity index is 1.55. The summed E-state index contributed by atoms with van der Waals surface area (Å²) in [6.45, 7) is 3.96. The summed E-state index contributed by atoms with van der Waals surface area (Å²) >= 11 is 0. The highest BCUT2D eigenvalue weighted by molar-refractivity contribution is 5.82. The van der Waals surface area contributed by atoms with Gasteiger partial charge in [-0.25, -0.2) is 0 Å². The topological polar surface area (TPSA) is 43.8 Å². The minimum Gasteiger partial charge on any atom is -0.378 e. The summed E-state index contributed by atoms with van der Waals surface area (Å²) in [5.41, 5.74) is 0.684.